The second kappa shape index (κ2) is 16.9. The van der Waals surface area contributed by atoms with Gasteiger partial charge in [-0.15, -0.1) is 11.8 Å². The monoisotopic (exact) mass is 568 g/mol. The molecule has 220 valence electrons. The highest BCUT2D eigenvalue weighted by molar-refractivity contribution is 7.99. The third-order valence-corrected chi connectivity index (χ3v) is 9.17. The van der Waals surface area contributed by atoms with E-state index in [9.17, 15) is 9.90 Å². The van der Waals surface area contributed by atoms with E-state index in [-0.39, 0.29) is 0 Å². The van der Waals surface area contributed by atoms with Crippen molar-refractivity contribution in [1.82, 2.24) is 5.32 Å². The van der Waals surface area contributed by atoms with Gasteiger partial charge >= 0.3 is 5.97 Å². The van der Waals surface area contributed by atoms with Crippen LogP contribution in [-0.2, 0) is 16.0 Å². The maximum Gasteiger partial charge on any atom is 0.333 e. The van der Waals surface area contributed by atoms with E-state index in [2.05, 4.69) is 34.5 Å². The zero-order chi connectivity index (χ0) is 28.0. The SMILES string of the molecule is C1CCC(NC2CCCCC2)CC1.CCOC(Cc1ccc(OCCN2CCSc3ccccc32)cc1)C(=O)O. The number of carbonyl (C=O) groups is 1. The van der Waals surface area contributed by atoms with E-state index in [0.29, 0.717) is 19.6 Å². The zero-order valence-electron chi connectivity index (χ0n) is 24.2. The topological polar surface area (TPSA) is 71.0 Å². The fraction of sp³-hybridized carbons (Fsp3) is 0.606. The summed E-state index contributed by atoms with van der Waals surface area (Å²) in [4.78, 5) is 14.9. The van der Waals surface area contributed by atoms with Crippen molar-refractivity contribution >= 4 is 23.4 Å². The molecule has 1 aliphatic heterocycles. The Morgan fingerprint density at radius 2 is 1.62 bits per heavy atom. The van der Waals surface area contributed by atoms with Gasteiger partial charge < -0.3 is 24.8 Å². The minimum absolute atomic E-state index is 0.353. The first-order valence-corrected chi connectivity index (χ1v) is 16.4. The van der Waals surface area contributed by atoms with Crippen LogP contribution in [0.5, 0.6) is 5.75 Å². The Balaban J connectivity index is 0.000000236. The molecule has 2 aliphatic carbocycles. The Morgan fingerprint density at radius 3 is 2.25 bits per heavy atom. The van der Waals surface area contributed by atoms with Crippen LogP contribution in [0, 0.1) is 0 Å². The summed E-state index contributed by atoms with van der Waals surface area (Å²) in [5.41, 5.74) is 2.20. The number of hydrogen-bond donors (Lipinski definition) is 2. The summed E-state index contributed by atoms with van der Waals surface area (Å²) in [5.74, 6) is 0.954. The third kappa shape index (κ3) is 10.0. The molecule has 2 N–H and O–H groups in total. The molecule has 2 fully saturated rings. The van der Waals surface area contributed by atoms with E-state index >= 15 is 0 Å². The molecular formula is C33H48N2O4S. The van der Waals surface area contributed by atoms with Gasteiger partial charge in [0.25, 0.3) is 0 Å². The molecule has 2 aromatic carbocycles. The summed E-state index contributed by atoms with van der Waals surface area (Å²) in [7, 11) is 0. The first kappa shape index (κ1) is 30.7. The van der Waals surface area contributed by atoms with Gasteiger partial charge in [-0.1, -0.05) is 62.8 Å². The molecule has 0 radical (unpaired) electrons. The van der Waals surface area contributed by atoms with Crippen LogP contribution in [0.15, 0.2) is 53.4 Å². The second-order valence-corrected chi connectivity index (χ2v) is 12.3. The number of carboxylic acid groups (broad SMARTS) is 1. The number of ether oxygens (including phenoxy) is 2. The van der Waals surface area contributed by atoms with Crippen molar-refractivity contribution in [1.29, 1.82) is 0 Å². The van der Waals surface area contributed by atoms with Crippen LogP contribution in [0.2, 0.25) is 0 Å². The van der Waals surface area contributed by atoms with E-state index in [1.165, 1.54) is 74.8 Å². The Kier molecular flexibility index (Phi) is 13.0. The molecule has 0 saturated heterocycles. The standard InChI is InChI=1S/C21H25NO4S.C12H23N/c1-2-25-19(21(23)24)15-16-7-9-17(10-8-16)26-13-11-22-12-14-27-20-6-4-3-5-18(20)22;1-3-7-11(8-4-1)13-12-9-5-2-6-10-12/h3-10,19H,2,11-15H2,1H3,(H,23,24);11-13H,1-10H2. The van der Waals surface area contributed by atoms with Crippen molar-refractivity contribution in [2.45, 2.75) is 101 Å². The fourth-order valence-corrected chi connectivity index (χ4v) is 7.01. The Labute approximate surface area is 245 Å². The van der Waals surface area contributed by atoms with Gasteiger partial charge in [0.05, 0.1) is 12.2 Å². The van der Waals surface area contributed by atoms with Crippen LogP contribution in [0.3, 0.4) is 0 Å². The lowest BCUT2D eigenvalue weighted by Crippen LogP contribution is -2.40. The van der Waals surface area contributed by atoms with Gasteiger partial charge in [0.15, 0.2) is 6.10 Å². The number of nitrogens with one attached hydrogen (secondary N) is 1. The molecule has 0 spiro atoms. The van der Waals surface area contributed by atoms with Crippen LogP contribution in [0.4, 0.5) is 5.69 Å². The van der Waals surface area contributed by atoms with E-state index < -0.39 is 12.1 Å². The lowest BCUT2D eigenvalue weighted by Gasteiger charge is -2.30. The number of hydrogen-bond acceptors (Lipinski definition) is 6. The Bertz CT molecular complexity index is 990. The molecule has 0 aromatic heterocycles. The number of anilines is 1. The van der Waals surface area contributed by atoms with E-state index in [1.807, 2.05) is 36.0 Å². The largest absolute Gasteiger partial charge is 0.492 e. The summed E-state index contributed by atoms with van der Waals surface area (Å²) >= 11 is 1.90. The minimum Gasteiger partial charge on any atom is -0.492 e. The first-order valence-electron chi connectivity index (χ1n) is 15.4. The fourth-order valence-electron chi connectivity index (χ4n) is 5.96. The predicted molar refractivity (Wildman–Crippen MR) is 165 cm³/mol. The molecule has 0 bridgehead atoms. The van der Waals surface area contributed by atoms with Gasteiger partial charge in [-0.2, -0.15) is 0 Å². The molecule has 5 rings (SSSR count). The number of carboxylic acids is 1. The summed E-state index contributed by atoms with van der Waals surface area (Å²) in [6.45, 7) is 4.65. The lowest BCUT2D eigenvalue weighted by molar-refractivity contribution is -0.149. The highest BCUT2D eigenvalue weighted by Gasteiger charge is 2.20. The van der Waals surface area contributed by atoms with Crippen LogP contribution in [-0.4, -0.2) is 61.3 Å². The molecule has 2 aromatic rings. The molecule has 1 atom stereocenters. The zero-order valence-corrected chi connectivity index (χ0v) is 25.0. The van der Waals surface area contributed by atoms with Crippen molar-refractivity contribution < 1.29 is 19.4 Å². The number of benzene rings is 2. The van der Waals surface area contributed by atoms with Crippen LogP contribution >= 0.6 is 11.8 Å². The van der Waals surface area contributed by atoms with Crippen molar-refractivity contribution in [3.05, 3.63) is 54.1 Å². The van der Waals surface area contributed by atoms with Crippen molar-refractivity contribution in [2.24, 2.45) is 0 Å². The summed E-state index contributed by atoms with van der Waals surface area (Å²) in [6.07, 6.45) is 14.1. The van der Waals surface area contributed by atoms with Gasteiger partial charge in [0.1, 0.15) is 12.4 Å². The number of fused-ring (bicyclic) bond motifs is 1. The number of thioether (sulfide) groups is 1. The van der Waals surface area contributed by atoms with Crippen molar-refractivity contribution in [3.63, 3.8) is 0 Å². The van der Waals surface area contributed by atoms with Crippen LogP contribution in [0.25, 0.3) is 0 Å². The highest BCUT2D eigenvalue weighted by Crippen LogP contribution is 2.34. The maximum absolute atomic E-state index is 11.2. The first-order chi connectivity index (χ1) is 19.6. The Morgan fingerprint density at radius 1 is 0.975 bits per heavy atom. The maximum atomic E-state index is 11.2. The van der Waals surface area contributed by atoms with Crippen LogP contribution in [0.1, 0.15) is 76.7 Å². The molecule has 1 unspecified atom stereocenters. The predicted octanol–water partition coefficient (Wildman–Crippen LogP) is 6.95. The molecule has 3 aliphatic rings. The van der Waals surface area contributed by atoms with Crippen molar-refractivity contribution in [2.75, 3.05) is 37.0 Å². The number of aliphatic carboxylic acids is 1. The lowest BCUT2D eigenvalue weighted by atomic mass is 9.91. The average molecular weight is 569 g/mol. The van der Waals surface area contributed by atoms with E-state index in [1.54, 1.807) is 6.92 Å². The number of nitrogens with zero attached hydrogens (tertiary/aromatic N) is 1. The summed E-state index contributed by atoms with van der Waals surface area (Å²) < 4.78 is 11.1. The third-order valence-electron chi connectivity index (χ3n) is 8.12. The van der Waals surface area contributed by atoms with Crippen molar-refractivity contribution in [3.8, 4) is 5.75 Å². The smallest absolute Gasteiger partial charge is 0.333 e. The van der Waals surface area contributed by atoms with E-state index in [0.717, 1.165) is 42.2 Å². The molecule has 1 heterocycles. The quantitative estimate of drug-likeness (QED) is 0.304. The normalized spacial score (nSPS) is 18.8. The molecule has 2 saturated carbocycles. The summed E-state index contributed by atoms with van der Waals surface area (Å²) in [6, 6.07) is 17.8. The summed E-state index contributed by atoms with van der Waals surface area (Å²) in [5, 5.41) is 13.0. The number of rotatable bonds is 11. The van der Waals surface area contributed by atoms with Gasteiger partial charge in [-0.3, -0.25) is 0 Å². The van der Waals surface area contributed by atoms with Crippen LogP contribution < -0.4 is 15.0 Å². The van der Waals surface area contributed by atoms with Gasteiger partial charge in [-0.25, -0.2) is 4.79 Å². The van der Waals surface area contributed by atoms with Gasteiger partial charge in [0, 0.05) is 42.3 Å². The minimum atomic E-state index is -0.933. The Hall–Kier alpha value is -2.22. The second-order valence-electron chi connectivity index (χ2n) is 11.1. The van der Waals surface area contributed by atoms with Gasteiger partial charge in [0.2, 0.25) is 0 Å². The highest BCUT2D eigenvalue weighted by atomic mass is 32.2. The molecule has 0 amide bonds. The number of para-hydroxylation sites is 1. The van der Waals surface area contributed by atoms with Gasteiger partial charge in [-0.05, 0) is 62.4 Å². The molecule has 7 heteroatoms. The molecule has 6 nitrogen and oxygen atoms in total. The molecule has 40 heavy (non-hydrogen) atoms. The average Bonchev–Trinajstić information content (AvgIpc) is 2.99. The molecular weight excluding hydrogens is 520 g/mol. The van der Waals surface area contributed by atoms with E-state index in [4.69, 9.17) is 9.47 Å².